The van der Waals surface area contributed by atoms with Crippen LogP contribution in [-0.2, 0) is 0 Å². The van der Waals surface area contributed by atoms with Gasteiger partial charge in [0.05, 0.1) is 10.7 Å². The van der Waals surface area contributed by atoms with Gasteiger partial charge in [-0.1, -0.05) is 31.5 Å². The van der Waals surface area contributed by atoms with E-state index < -0.39 is 0 Å². The lowest BCUT2D eigenvalue weighted by Gasteiger charge is -2.21. The van der Waals surface area contributed by atoms with Gasteiger partial charge in [-0.3, -0.25) is 0 Å². The molecule has 0 saturated carbocycles. The van der Waals surface area contributed by atoms with Crippen LogP contribution in [0.15, 0.2) is 18.2 Å². The molecule has 94 valence electrons. The van der Waals surface area contributed by atoms with Crippen molar-refractivity contribution in [2.45, 2.75) is 26.8 Å². The quantitative estimate of drug-likeness (QED) is 0.874. The zero-order valence-electron chi connectivity index (χ0n) is 10.8. The summed E-state index contributed by atoms with van der Waals surface area (Å²) in [5.74, 6) is 1.47. The third kappa shape index (κ3) is 2.58. The molecule has 0 aliphatic carbocycles. The molecule has 1 fully saturated rings. The molecule has 0 amide bonds. The van der Waals surface area contributed by atoms with Gasteiger partial charge >= 0.3 is 0 Å². The van der Waals surface area contributed by atoms with Crippen molar-refractivity contribution in [2.24, 2.45) is 17.6 Å². The zero-order chi connectivity index (χ0) is 12.6. The molecule has 0 radical (unpaired) electrons. The number of rotatable bonds is 2. The molecule has 2 rings (SSSR count). The molecule has 1 saturated heterocycles. The first-order valence-corrected chi connectivity index (χ1v) is 6.66. The number of nitrogens with two attached hydrogens (primary N) is 1. The molecule has 2 N–H and O–H groups in total. The Hall–Kier alpha value is -0.730. The summed E-state index contributed by atoms with van der Waals surface area (Å²) in [6, 6.07) is 6.22. The fourth-order valence-corrected chi connectivity index (χ4v) is 2.70. The number of halogens is 1. The summed E-state index contributed by atoms with van der Waals surface area (Å²) >= 11 is 6.35. The largest absolute Gasteiger partial charge is 0.370 e. The number of nitrogens with zero attached hydrogens (tertiary/aromatic N) is 1. The van der Waals surface area contributed by atoms with E-state index in [0.29, 0.717) is 0 Å². The van der Waals surface area contributed by atoms with Gasteiger partial charge in [-0.25, -0.2) is 0 Å². The number of benzene rings is 1. The summed E-state index contributed by atoms with van der Waals surface area (Å²) in [5, 5.41) is 0.820. The minimum atomic E-state index is 0.0398. The highest BCUT2D eigenvalue weighted by molar-refractivity contribution is 6.33. The molecule has 1 aromatic carbocycles. The lowest BCUT2D eigenvalue weighted by molar-refractivity contribution is 0.494. The average Bonchev–Trinajstić information content (AvgIpc) is 2.58. The number of hydrogen-bond acceptors (Lipinski definition) is 2. The molecular weight excluding hydrogens is 232 g/mol. The minimum absolute atomic E-state index is 0.0398. The van der Waals surface area contributed by atoms with Crippen LogP contribution in [0.3, 0.4) is 0 Å². The highest BCUT2D eigenvalue weighted by atomic mass is 35.5. The van der Waals surface area contributed by atoms with Gasteiger partial charge in [0.25, 0.3) is 0 Å². The first-order valence-electron chi connectivity index (χ1n) is 6.29. The summed E-state index contributed by atoms with van der Waals surface area (Å²) < 4.78 is 0. The summed E-state index contributed by atoms with van der Waals surface area (Å²) in [4.78, 5) is 2.38. The first-order chi connectivity index (χ1) is 7.99. The average molecular weight is 253 g/mol. The number of anilines is 1. The van der Waals surface area contributed by atoms with Crippen LogP contribution in [0.25, 0.3) is 0 Å². The standard InChI is InChI=1S/C14H21ClN2/c1-9-7-17(8-10(9)2)14-5-4-12(11(3)16)6-13(14)15/h4-6,9-11H,7-8,16H2,1-3H3/t9?,10?,11-/m1/s1. The van der Waals surface area contributed by atoms with Crippen LogP contribution < -0.4 is 10.6 Å². The van der Waals surface area contributed by atoms with Crippen molar-refractivity contribution < 1.29 is 0 Å². The van der Waals surface area contributed by atoms with E-state index in [2.05, 4.69) is 30.9 Å². The molecule has 2 nitrogen and oxygen atoms in total. The van der Waals surface area contributed by atoms with Gasteiger partial charge in [0.2, 0.25) is 0 Å². The molecule has 0 spiro atoms. The van der Waals surface area contributed by atoms with Crippen molar-refractivity contribution in [3.63, 3.8) is 0 Å². The molecule has 2 unspecified atom stereocenters. The molecule has 3 heteroatoms. The van der Waals surface area contributed by atoms with Crippen molar-refractivity contribution in [3.8, 4) is 0 Å². The van der Waals surface area contributed by atoms with Gasteiger partial charge < -0.3 is 10.6 Å². The maximum atomic E-state index is 6.35. The summed E-state index contributed by atoms with van der Waals surface area (Å²) in [6.07, 6.45) is 0. The third-order valence-corrected chi connectivity index (χ3v) is 4.13. The van der Waals surface area contributed by atoms with Crippen molar-refractivity contribution in [3.05, 3.63) is 28.8 Å². The molecule has 3 atom stereocenters. The maximum Gasteiger partial charge on any atom is 0.0642 e. The smallest absolute Gasteiger partial charge is 0.0642 e. The SMILES string of the molecule is CC1CN(c2ccc([C@@H](C)N)cc2Cl)CC1C. The van der Waals surface area contributed by atoms with E-state index in [1.54, 1.807) is 0 Å². The topological polar surface area (TPSA) is 29.3 Å². The molecule has 0 aromatic heterocycles. The Morgan fingerprint density at radius 3 is 2.35 bits per heavy atom. The van der Waals surface area contributed by atoms with Crippen molar-refractivity contribution in [1.29, 1.82) is 0 Å². The lowest BCUT2D eigenvalue weighted by atomic mass is 10.0. The molecule has 1 aromatic rings. The van der Waals surface area contributed by atoms with Crippen LogP contribution >= 0.6 is 11.6 Å². The Labute approximate surface area is 109 Å². The Bertz CT molecular complexity index is 393. The van der Waals surface area contributed by atoms with E-state index >= 15 is 0 Å². The Balaban J connectivity index is 2.23. The summed E-state index contributed by atoms with van der Waals surface area (Å²) in [6.45, 7) is 8.77. The van der Waals surface area contributed by atoms with Gasteiger partial charge in [-0.15, -0.1) is 0 Å². The molecule has 1 aliphatic heterocycles. The van der Waals surface area contributed by atoms with Gasteiger partial charge in [0.15, 0.2) is 0 Å². The number of hydrogen-bond donors (Lipinski definition) is 1. The minimum Gasteiger partial charge on any atom is -0.370 e. The fraction of sp³-hybridized carbons (Fsp3) is 0.571. The normalized spacial score (nSPS) is 26.3. The molecular formula is C14H21ClN2. The lowest BCUT2D eigenvalue weighted by Crippen LogP contribution is -2.20. The molecule has 0 bridgehead atoms. The predicted octanol–water partition coefficient (Wildman–Crippen LogP) is 3.45. The summed E-state index contributed by atoms with van der Waals surface area (Å²) in [7, 11) is 0. The van der Waals surface area contributed by atoms with Gasteiger partial charge in [-0.05, 0) is 36.5 Å². The van der Waals surface area contributed by atoms with E-state index in [1.807, 2.05) is 13.0 Å². The van der Waals surface area contributed by atoms with Crippen molar-refractivity contribution in [1.82, 2.24) is 0 Å². The molecule has 1 heterocycles. The maximum absolute atomic E-state index is 6.35. The first kappa shape index (κ1) is 12.7. The van der Waals surface area contributed by atoms with Crippen LogP contribution in [0, 0.1) is 11.8 Å². The van der Waals surface area contributed by atoms with E-state index in [9.17, 15) is 0 Å². The van der Waals surface area contributed by atoms with Crippen molar-refractivity contribution >= 4 is 17.3 Å². The van der Waals surface area contributed by atoms with Crippen molar-refractivity contribution in [2.75, 3.05) is 18.0 Å². The van der Waals surface area contributed by atoms with Gasteiger partial charge in [0.1, 0.15) is 0 Å². The second kappa shape index (κ2) is 4.87. The van der Waals surface area contributed by atoms with Crippen LogP contribution in [0.1, 0.15) is 32.4 Å². The van der Waals surface area contributed by atoms with Gasteiger partial charge in [-0.2, -0.15) is 0 Å². The zero-order valence-corrected chi connectivity index (χ0v) is 11.5. The van der Waals surface area contributed by atoms with Crippen LogP contribution in [0.2, 0.25) is 5.02 Å². The van der Waals surface area contributed by atoms with Gasteiger partial charge in [0, 0.05) is 19.1 Å². The fourth-order valence-electron chi connectivity index (χ4n) is 2.39. The second-order valence-electron chi connectivity index (χ2n) is 5.36. The van der Waals surface area contributed by atoms with Crippen LogP contribution in [0.5, 0.6) is 0 Å². The van der Waals surface area contributed by atoms with E-state index in [4.69, 9.17) is 17.3 Å². The Morgan fingerprint density at radius 2 is 1.88 bits per heavy atom. The van der Waals surface area contributed by atoms with Crippen LogP contribution in [-0.4, -0.2) is 13.1 Å². The summed E-state index contributed by atoms with van der Waals surface area (Å²) in [5.41, 5.74) is 8.10. The van der Waals surface area contributed by atoms with Crippen LogP contribution in [0.4, 0.5) is 5.69 Å². The highest BCUT2D eigenvalue weighted by Gasteiger charge is 2.27. The second-order valence-corrected chi connectivity index (χ2v) is 5.77. The van der Waals surface area contributed by atoms with E-state index in [0.717, 1.165) is 41.2 Å². The Morgan fingerprint density at radius 1 is 1.29 bits per heavy atom. The Kier molecular flexibility index (Phi) is 3.64. The predicted molar refractivity (Wildman–Crippen MR) is 74.6 cm³/mol. The molecule has 1 aliphatic rings. The monoisotopic (exact) mass is 252 g/mol. The van der Waals surface area contributed by atoms with E-state index in [1.165, 1.54) is 0 Å². The molecule has 17 heavy (non-hydrogen) atoms. The highest BCUT2D eigenvalue weighted by Crippen LogP contribution is 2.33. The third-order valence-electron chi connectivity index (χ3n) is 3.83. The van der Waals surface area contributed by atoms with E-state index in [-0.39, 0.29) is 6.04 Å².